The van der Waals surface area contributed by atoms with E-state index in [2.05, 4.69) is 6.92 Å². The highest BCUT2D eigenvalue weighted by molar-refractivity contribution is 5.68. The molecule has 2 unspecified atom stereocenters. The lowest BCUT2D eigenvalue weighted by Gasteiger charge is -2.39. The largest absolute Gasteiger partial charge is 0.444 e. The zero-order valence-electron chi connectivity index (χ0n) is 12.8. The summed E-state index contributed by atoms with van der Waals surface area (Å²) in [5, 5.41) is 8.94. The Bertz CT molecular complexity index is 286. The van der Waals surface area contributed by atoms with Crippen LogP contribution in [0.25, 0.3) is 0 Å². The molecule has 1 rings (SSSR count). The molecule has 2 atom stereocenters. The van der Waals surface area contributed by atoms with Gasteiger partial charge in [-0.1, -0.05) is 6.92 Å². The van der Waals surface area contributed by atoms with Gasteiger partial charge in [-0.05, 0) is 58.8 Å². The molecular formula is C15H29NO3. The number of hydrogen-bond donors (Lipinski definition) is 1. The lowest BCUT2D eigenvalue weighted by Crippen LogP contribution is -2.48. The van der Waals surface area contributed by atoms with E-state index in [9.17, 15) is 4.79 Å². The molecule has 0 spiro atoms. The summed E-state index contributed by atoms with van der Waals surface area (Å²) in [7, 11) is 0. The van der Waals surface area contributed by atoms with Gasteiger partial charge >= 0.3 is 6.09 Å². The van der Waals surface area contributed by atoms with Gasteiger partial charge in [0.05, 0.1) is 0 Å². The molecule has 0 aromatic heterocycles. The van der Waals surface area contributed by atoms with E-state index >= 15 is 0 Å². The number of carbonyl (C=O) groups excluding carboxylic acids is 1. The summed E-state index contributed by atoms with van der Waals surface area (Å²) < 4.78 is 5.50. The van der Waals surface area contributed by atoms with Crippen LogP contribution in [0.15, 0.2) is 0 Å². The van der Waals surface area contributed by atoms with Gasteiger partial charge in [-0.15, -0.1) is 0 Å². The SMILES string of the molecule is CC(CCCO)C1CCCCN1C(=O)OC(C)(C)C. The predicted octanol–water partition coefficient (Wildman–Crippen LogP) is 3.18. The predicted molar refractivity (Wildman–Crippen MR) is 76.1 cm³/mol. The van der Waals surface area contributed by atoms with Gasteiger partial charge in [0.1, 0.15) is 5.60 Å². The van der Waals surface area contributed by atoms with E-state index in [0.29, 0.717) is 5.92 Å². The number of ether oxygens (including phenoxy) is 1. The molecule has 0 aromatic rings. The highest BCUT2D eigenvalue weighted by Crippen LogP contribution is 2.27. The fourth-order valence-corrected chi connectivity index (χ4v) is 2.70. The number of aliphatic hydroxyl groups excluding tert-OH is 1. The van der Waals surface area contributed by atoms with Gasteiger partial charge in [-0.25, -0.2) is 4.79 Å². The summed E-state index contributed by atoms with van der Waals surface area (Å²) in [4.78, 5) is 14.2. The van der Waals surface area contributed by atoms with Gasteiger partial charge in [0.15, 0.2) is 0 Å². The van der Waals surface area contributed by atoms with E-state index in [1.165, 1.54) is 6.42 Å². The molecule has 4 heteroatoms. The maximum absolute atomic E-state index is 12.3. The molecule has 1 amide bonds. The van der Waals surface area contributed by atoms with Crippen molar-refractivity contribution >= 4 is 6.09 Å². The number of carbonyl (C=O) groups is 1. The van der Waals surface area contributed by atoms with Crippen molar-refractivity contribution in [3.63, 3.8) is 0 Å². The first-order chi connectivity index (χ1) is 8.85. The normalized spacial score (nSPS) is 22.2. The number of rotatable bonds is 4. The summed E-state index contributed by atoms with van der Waals surface area (Å²) in [6.45, 7) is 8.90. The van der Waals surface area contributed by atoms with Crippen molar-refractivity contribution in [3.8, 4) is 0 Å². The average Bonchev–Trinajstić information content (AvgIpc) is 2.34. The lowest BCUT2D eigenvalue weighted by atomic mass is 9.89. The third-order valence-electron chi connectivity index (χ3n) is 3.65. The van der Waals surface area contributed by atoms with E-state index in [4.69, 9.17) is 9.84 Å². The quantitative estimate of drug-likeness (QED) is 0.854. The zero-order valence-corrected chi connectivity index (χ0v) is 12.8. The van der Waals surface area contributed by atoms with Crippen LogP contribution in [0.2, 0.25) is 0 Å². The second kappa shape index (κ2) is 7.13. The Balaban J connectivity index is 2.63. The van der Waals surface area contributed by atoms with Gasteiger partial charge in [0.2, 0.25) is 0 Å². The standard InChI is InChI=1S/C15H29NO3/c1-12(8-7-11-17)13-9-5-6-10-16(13)14(18)19-15(2,3)4/h12-13,17H,5-11H2,1-4H3. The first-order valence-electron chi connectivity index (χ1n) is 7.45. The molecule has 1 saturated heterocycles. The minimum atomic E-state index is -0.437. The first-order valence-corrected chi connectivity index (χ1v) is 7.45. The molecule has 1 aliphatic rings. The first kappa shape index (κ1) is 16.3. The second-order valence-electron chi connectivity index (χ2n) is 6.58. The van der Waals surface area contributed by atoms with Crippen LogP contribution in [-0.2, 0) is 4.74 Å². The highest BCUT2D eigenvalue weighted by Gasteiger charge is 2.33. The Kier molecular flexibility index (Phi) is 6.11. The summed E-state index contributed by atoms with van der Waals surface area (Å²) in [5.41, 5.74) is -0.437. The number of hydrogen-bond acceptors (Lipinski definition) is 3. The Hall–Kier alpha value is -0.770. The average molecular weight is 271 g/mol. The molecule has 112 valence electrons. The van der Waals surface area contributed by atoms with E-state index in [1.807, 2.05) is 25.7 Å². The van der Waals surface area contributed by atoms with E-state index in [0.717, 1.165) is 32.2 Å². The van der Waals surface area contributed by atoms with Crippen LogP contribution in [0.5, 0.6) is 0 Å². The van der Waals surface area contributed by atoms with Gasteiger partial charge in [-0.3, -0.25) is 0 Å². The molecule has 19 heavy (non-hydrogen) atoms. The van der Waals surface area contributed by atoms with Crippen LogP contribution in [0.1, 0.15) is 59.8 Å². The minimum Gasteiger partial charge on any atom is -0.444 e. The highest BCUT2D eigenvalue weighted by atomic mass is 16.6. The minimum absolute atomic E-state index is 0.187. The molecular weight excluding hydrogens is 242 g/mol. The summed E-state index contributed by atoms with van der Waals surface area (Å²) in [5.74, 6) is 0.417. The van der Waals surface area contributed by atoms with Crippen molar-refractivity contribution in [3.05, 3.63) is 0 Å². The fraction of sp³-hybridized carbons (Fsp3) is 0.933. The molecule has 4 nitrogen and oxygen atoms in total. The van der Waals surface area contributed by atoms with Crippen LogP contribution in [0.4, 0.5) is 4.79 Å². The number of nitrogens with zero attached hydrogens (tertiary/aromatic N) is 1. The van der Waals surface area contributed by atoms with E-state index in [1.54, 1.807) is 0 Å². The molecule has 1 fully saturated rings. The van der Waals surface area contributed by atoms with Crippen molar-refractivity contribution in [1.29, 1.82) is 0 Å². The maximum Gasteiger partial charge on any atom is 0.410 e. The van der Waals surface area contributed by atoms with Crippen LogP contribution in [-0.4, -0.2) is 40.9 Å². The van der Waals surface area contributed by atoms with Crippen molar-refractivity contribution < 1.29 is 14.6 Å². The van der Waals surface area contributed by atoms with Crippen molar-refractivity contribution in [1.82, 2.24) is 4.90 Å². The van der Waals surface area contributed by atoms with Crippen LogP contribution < -0.4 is 0 Å². The monoisotopic (exact) mass is 271 g/mol. The maximum atomic E-state index is 12.3. The van der Waals surface area contributed by atoms with Gasteiger partial charge in [0, 0.05) is 19.2 Å². The van der Waals surface area contributed by atoms with Crippen molar-refractivity contribution in [2.75, 3.05) is 13.2 Å². The van der Waals surface area contributed by atoms with E-state index < -0.39 is 5.60 Å². The Morgan fingerprint density at radius 1 is 1.42 bits per heavy atom. The Morgan fingerprint density at radius 2 is 2.11 bits per heavy atom. The smallest absolute Gasteiger partial charge is 0.410 e. The van der Waals surface area contributed by atoms with Gasteiger partial charge in [-0.2, -0.15) is 0 Å². The fourth-order valence-electron chi connectivity index (χ4n) is 2.70. The summed E-state index contributed by atoms with van der Waals surface area (Å²) in [6.07, 6.45) is 4.86. The van der Waals surface area contributed by atoms with Crippen LogP contribution >= 0.6 is 0 Å². The third kappa shape index (κ3) is 5.39. The molecule has 1 heterocycles. The van der Waals surface area contributed by atoms with Gasteiger partial charge in [0.25, 0.3) is 0 Å². The number of piperidine rings is 1. The van der Waals surface area contributed by atoms with Crippen molar-refractivity contribution in [2.24, 2.45) is 5.92 Å². The molecule has 0 aliphatic carbocycles. The molecule has 0 bridgehead atoms. The number of amides is 1. The molecule has 1 aliphatic heterocycles. The van der Waals surface area contributed by atoms with E-state index in [-0.39, 0.29) is 18.7 Å². The summed E-state index contributed by atoms with van der Waals surface area (Å²) in [6, 6.07) is 0.259. The topological polar surface area (TPSA) is 49.8 Å². The third-order valence-corrected chi connectivity index (χ3v) is 3.65. The Labute approximate surface area is 117 Å². The van der Waals surface area contributed by atoms with Crippen molar-refractivity contribution in [2.45, 2.75) is 71.4 Å². The molecule has 0 radical (unpaired) electrons. The molecule has 1 N–H and O–H groups in total. The second-order valence-corrected chi connectivity index (χ2v) is 6.58. The zero-order chi connectivity index (χ0) is 14.5. The summed E-state index contributed by atoms with van der Waals surface area (Å²) >= 11 is 0. The number of aliphatic hydroxyl groups is 1. The molecule has 0 aromatic carbocycles. The lowest BCUT2D eigenvalue weighted by molar-refractivity contribution is 0.00172. The van der Waals surface area contributed by atoms with Crippen LogP contribution in [0.3, 0.4) is 0 Å². The van der Waals surface area contributed by atoms with Gasteiger partial charge < -0.3 is 14.7 Å². The number of likely N-dealkylation sites (tertiary alicyclic amines) is 1. The molecule has 0 saturated carbocycles. The van der Waals surface area contributed by atoms with Crippen LogP contribution in [0, 0.1) is 5.92 Å². The Morgan fingerprint density at radius 3 is 2.68 bits per heavy atom.